The molecule has 0 aromatic rings. The van der Waals surface area contributed by atoms with E-state index in [9.17, 15) is 4.79 Å². The molecule has 0 bridgehead atoms. The number of ketones is 1. The summed E-state index contributed by atoms with van der Waals surface area (Å²) >= 11 is 0. The fourth-order valence-corrected chi connectivity index (χ4v) is 1.68. The number of unbranched alkanes of at least 4 members (excludes halogenated alkanes) is 6. The molecule has 88 valence electrons. The second-order valence-electron chi connectivity index (χ2n) is 4.63. The van der Waals surface area contributed by atoms with Gasteiger partial charge in [0.25, 0.3) is 0 Å². The maximum Gasteiger partial charge on any atom is 0.129 e. The zero-order chi connectivity index (χ0) is 11.5. The Bertz CT molecular complexity index is 162. The number of hydrogen-bond acceptors (Lipinski definition) is 1. The maximum atomic E-state index is 10.7. The Morgan fingerprint density at radius 1 is 0.800 bits per heavy atom. The summed E-state index contributed by atoms with van der Waals surface area (Å²) in [6.45, 7) is 7.68. The van der Waals surface area contributed by atoms with Crippen LogP contribution in [-0.4, -0.2) is 5.78 Å². The van der Waals surface area contributed by atoms with Crippen molar-refractivity contribution in [2.45, 2.75) is 71.6 Å². The Hall–Kier alpha value is -0.590. The summed E-state index contributed by atoms with van der Waals surface area (Å²) < 4.78 is 0. The average Bonchev–Trinajstić information content (AvgIpc) is 2.14. The third-order valence-electron chi connectivity index (χ3n) is 2.63. The molecular formula is C14H26O. The van der Waals surface area contributed by atoms with Gasteiger partial charge < -0.3 is 4.79 Å². The third kappa shape index (κ3) is 13.4. The Balaban J connectivity index is 2.99. The van der Waals surface area contributed by atoms with Crippen LogP contribution in [0.15, 0.2) is 12.2 Å². The van der Waals surface area contributed by atoms with Crippen molar-refractivity contribution in [3.8, 4) is 0 Å². The van der Waals surface area contributed by atoms with E-state index in [0.717, 1.165) is 12.8 Å². The van der Waals surface area contributed by atoms with Crippen LogP contribution in [0, 0.1) is 0 Å². The molecule has 15 heavy (non-hydrogen) atoms. The molecule has 0 spiro atoms. The van der Waals surface area contributed by atoms with E-state index in [1.165, 1.54) is 50.5 Å². The van der Waals surface area contributed by atoms with Gasteiger partial charge in [0, 0.05) is 6.42 Å². The zero-order valence-electron chi connectivity index (χ0n) is 10.5. The molecular weight excluding hydrogens is 184 g/mol. The molecule has 1 nitrogen and oxygen atoms in total. The predicted molar refractivity (Wildman–Crippen MR) is 67.0 cm³/mol. The molecule has 0 aliphatic carbocycles. The number of hydrogen-bond donors (Lipinski definition) is 0. The van der Waals surface area contributed by atoms with Crippen LogP contribution in [0.2, 0.25) is 0 Å². The highest BCUT2D eigenvalue weighted by molar-refractivity contribution is 5.75. The van der Waals surface area contributed by atoms with E-state index in [1.807, 2.05) is 0 Å². The molecule has 0 rings (SSSR count). The first-order valence-electron chi connectivity index (χ1n) is 6.26. The zero-order valence-corrected chi connectivity index (χ0v) is 10.5. The number of allylic oxidation sites excluding steroid dienone is 1. The Morgan fingerprint density at radius 2 is 1.20 bits per heavy atom. The lowest BCUT2D eigenvalue weighted by Gasteiger charge is -2.01. The fourth-order valence-electron chi connectivity index (χ4n) is 1.68. The van der Waals surface area contributed by atoms with Gasteiger partial charge in [-0.2, -0.15) is 0 Å². The first-order chi connectivity index (χ1) is 7.13. The number of Topliss-reactive ketones (excluding diaryl/α,β-unsaturated/α-hetero) is 1. The lowest BCUT2D eigenvalue weighted by molar-refractivity contribution is -0.117. The van der Waals surface area contributed by atoms with Gasteiger partial charge in [-0.1, -0.05) is 37.7 Å². The molecule has 0 radical (unpaired) electrons. The van der Waals surface area contributed by atoms with Crippen LogP contribution < -0.4 is 0 Å². The molecule has 0 heterocycles. The largest absolute Gasteiger partial charge is 0.300 e. The van der Waals surface area contributed by atoms with Crippen LogP contribution in [0.1, 0.15) is 71.6 Å². The highest BCUT2D eigenvalue weighted by Crippen LogP contribution is 2.11. The quantitative estimate of drug-likeness (QED) is 0.378. The average molecular weight is 210 g/mol. The van der Waals surface area contributed by atoms with Crippen LogP contribution in [0.3, 0.4) is 0 Å². The van der Waals surface area contributed by atoms with E-state index in [0.29, 0.717) is 5.78 Å². The standard InChI is InChI=1S/C14H26O/c1-13(2)11-9-7-5-4-6-8-10-12-14(3)15/h1,4-12H2,2-3H3. The van der Waals surface area contributed by atoms with Crippen molar-refractivity contribution in [3.63, 3.8) is 0 Å². The molecule has 0 saturated heterocycles. The van der Waals surface area contributed by atoms with E-state index in [1.54, 1.807) is 6.92 Å². The van der Waals surface area contributed by atoms with Gasteiger partial charge >= 0.3 is 0 Å². The minimum atomic E-state index is 0.330. The SMILES string of the molecule is C=C(C)CCCCCCCCCC(C)=O. The Kier molecular flexibility index (Phi) is 9.55. The van der Waals surface area contributed by atoms with Crippen LogP contribution in [0.5, 0.6) is 0 Å². The van der Waals surface area contributed by atoms with Gasteiger partial charge in [0.1, 0.15) is 5.78 Å². The lowest BCUT2D eigenvalue weighted by Crippen LogP contribution is -1.89. The Morgan fingerprint density at radius 3 is 1.60 bits per heavy atom. The topological polar surface area (TPSA) is 17.1 Å². The highest BCUT2D eigenvalue weighted by atomic mass is 16.1. The van der Waals surface area contributed by atoms with Gasteiger partial charge in [-0.3, -0.25) is 0 Å². The van der Waals surface area contributed by atoms with Gasteiger partial charge in [0.2, 0.25) is 0 Å². The van der Waals surface area contributed by atoms with E-state index in [-0.39, 0.29) is 0 Å². The fraction of sp³-hybridized carbons (Fsp3) is 0.786. The molecule has 0 N–H and O–H groups in total. The molecule has 0 aliphatic heterocycles. The van der Waals surface area contributed by atoms with E-state index in [4.69, 9.17) is 0 Å². The molecule has 0 fully saturated rings. The summed E-state index contributed by atoms with van der Waals surface area (Å²) in [7, 11) is 0. The predicted octanol–water partition coefficient (Wildman–Crippen LogP) is 4.66. The molecule has 1 heteroatoms. The van der Waals surface area contributed by atoms with Crippen molar-refractivity contribution in [2.24, 2.45) is 0 Å². The number of carbonyl (C=O) groups is 1. The van der Waals surface area contributed by atoms with E-state index < -0.39 is 0 Å². The van der Waals surface area contributed by atoms with Crippen molar-refractivity contribution in [1.29, 1.82) is 0 Å². The summed E-state index contributed by atoms with van der Waals surface area (Å²) in [6.07, 6.45) is 10.9. The molecule has 0 atom stereocenters. The third-order valence-corrected chi connectivity index (χ3v) is 2.63. The number of carbonyl (C=O) groups excluding carboxylic acids is 1. The van der Waals surface area contributed by atoms with Crippen molar-refractivity contribution in [1.82, 2.24) is 0 Å². The van der Waals surface area contributed by atoms with Crippen LogP contribution in [0.4, 0.5) is 0 Å². The van der Waals surface area contributed by atoms with E-state index >= 15 is 0 Å². The molecule has 0 saturated carbocycles. The van der Waals surface area contributed by atoms with Gasteiger partial charge in [-0.05, 0) is 33.1 Å². The minimum absolute atomic E-state index is 0.330. The molecule has 0 aromatic heterocycles. The number of rotatable bonds is 10. The molecule has 0 aromatic carbocycles. The first kappa shape index (κ1) is 14.4. The first-order valence-corrected chi connectivity index (χ1v) is 6.26. The Labute approximate surface area is 95.0 Å². The normalized spacial score (nSPS) is 10.3. The molecule has 0 aliphatic rings. The van der Waals surface area contributed by atoms with Crippen molar-refractivity contribution >= 4 is 5.78 Å². The van der Waals surface area contributed by atoms with Gasteiger partial charge in [0.05, 0.1) is 0 Å². The summed E-state index contributed by atoms with van der Waals surface area (Å²) in [4.78, 5) is 10.7. The van der Waals surface area contributed by atoms with E-state index in [2.05, 4.69) is 13.5 Å². The summed E-state index contributed by atoms with van der Waals surface area (Å²) in [6, 6.07) is 0. The summed E-state index contributed by atoms with van der Waals surface area (Å²) in [5.74, 6) is 0.330. The van der Waals surface area contributed by atoms with Gasteiger partial charge in [-0.25, -0.2) is 0 Å². The summed E-state index contributed by atoms with van der Waals surface area (Å²) in [5.41, 5.74) is 1.30. The smallest absolute Gasteiger partial charge is 0.129 e. The van der Waals surface area contributed by atoms with Crippen molar-refractivity contribution in [2.75, 3.05) is 0 Å². The summed E-state index contributed by atoms with van der Waals surface area (Å²) in [5, 5.41) is 0. The monoisotopic (exact) mass is 210 g/mol. The second-order valence-corrected chi connectivity index (χ2v) is 4.63. The van der Waals surface area contributed by atoms with Crippen molar-refractivity contribution < 1.29 is 4.79 Å². The maximum absolute atomic E-state index is 10.7. The molecule has 0 unspecified atom stereocenters. The minimum Gasteiger partial charge on any atom is -0.300 e. The van der Waals surface area contributed by atoms with Crippen molar-refractivity contribution in [3.05, 3.63) is 12.2 Å². The van der Waals surface area contributed by atoms with Gasteiger partial charge in [-0.15, -0.1) is 6.58 Å². The van der Waals surface area contributed by atoms with Crippen LogP contribution >= 0.6 is 0 Å². The molecule has 0 amide bonds. The second kappa shape index (κ2) is 9.95. The van der Waals surface area contributed by atoms with Crippen LogP contribution in [-0.2, 0) is 4.79 Å². The highest BCUT2D eigenvalue weighted by Gasteiger charge is 1.94. The van der Waals surface area contributed by atoms with Crippen LogP contribution in [0.25, 0.3) is 0 Å². The van der Waals surface area contributed by atoms with Gasteiger partial charge in [0.15, 0.2) is 0 Å². The lowest BCUT2D eigenvalue weighted by atomic mass is 10.0.